The summed E-state index contributed by atoms with van der Waals surface area (Å²) in [6.45, 7) is 5.02. The van der Waals surface area contributed by atoms with Gasteiger partial charge in [0.2, 0.25) is 0 Å². The van der Waals surface area contributed by atoms with Crippen LogP contribution in [-0.2, 0) is 6.54 Å². The minimum atomic E-state index is 0.828. The normalized spacial score (nSPS) is 10.4. The van der Waals surface area contributed by atoms with Crippen molar-refractivity contribution in [3.63, 3.8) is 0 Å². The molecule has 3 nitrogen and oxygen atoms in total. The molecule has 0 saturated heterocycles. The number of pyridine rings is 1. The molecular formula is C15H19N3. The minimum absolute atomic E-state index is 0.828. The molecule has 0 radical (unpaired) electrons. The van der Waals surface area contributed by atoms with Crippen LogP contribution in [0.15, 0.2) is 36.7 Å². The quantitative estimate of drug-likeness (QED) is 0.840. The molecule has 3 heteroatoms. The van der Waals surface area contributed by atoms with Gasteiger partial charge in [-0.15, -0.1) is 0 Å². The predicted octanol–water partition coefficient (Wildman–Crippen LogP) is 2.92. The monoisotopic (exact) mass is 241 g/mol. The Hall–Kier alpha value is -2.03. The topological polar surface area (TPSA) is 42.1 Å². The lowest BCUT2D eigenvalue weighted by atomic mass is 10.1. The molecule has 0 saturated carbocycles. The SMILES string of the molecule is Cc1cc(N)c(N(C)Cc2ccncc2)cc1C. The van der Waals surface area contributed by atoms with Crippen molar-refractivity contribution in [2.75, 3.05) is 17.7 Å². The zero-order valence-corrected chi connectivity index (χ0v) is 11.1. The van der Waals surface area contributed by atoms with Crippen molar-refractivity contribution in [1.82, 2.24) is 4.98 Å². The number of benzene rings is 1. The van der Waals surface area contributed by atoms with Crippen LogP contribution in [0.5, 0.6) is 0 Å². The highest BCUT2D eigenvalue weighted by molar-refractivity contribution is 5.69. The minimum Gasteiger partial charge on any atom is -0.397 e. The third kappa shape index (κ3) is 2.62. The first-order valence-electron chi connectivity index (χ1n) is 6.04. The highest BCUT2D eigenvalue weighted by Gasteiger charge is 2.08. The van der Waals surface area contributed by atoms with Crippen LogP contribution in [-0.4, -0.2) is 12.0 Å². The molecule has 0 aliphatic heterocycles. The fourth-order valence-corrected chi connectivity index (χ4v) is 2.00. The molecule has 0 fully saturated rings. The van der Waals surface area contributed by atoms with Crippen molar-refractivity contribution < 1.29 is 0 Å². The summed E-state index contributed by atoms with van der Waals surface area (Å²) in [6.07, 6.45) is 3.62. The molecule has 2 aromatic rings. The third-order valence-electron chi connectivity index (χ3n) is 3.22. The largest absolute Gasteiger partial charge is 0.397 e. The smallest absolute Gasteiger partial charge is 0.0603 e. The summed E-state index contributed by atoms with van der Waals surface area (Å²) in [7, 11) is 2.06. The average Bonchev–Trinajstić information content (AvgIpc) is 2.35. The Morgan fingerprint density at radius 1 is 1.11 bits per heavy atom. The Bertz CT molecular complexity index is 535. The van der Waals surface area contributed by atoms with Crippen LogP contribution in [0.4, 0.5) is 11.4 Å². The maximum Gasteiger partial charge on any atom is 0.0603 e. The summed E-state index contributed by atoms with van der Waals surface area (Å²) in [4.78, 5) is 6.19. The highest BCUT2D eigenvalue weighted by atomic mass is 15.1. The summed E-state index contributed by atoms with van der Waals surface area (Å²) in [5, 5.41) is 0. The molecule has 0 aliphatic rings. The van der Waals surface area contributed by atoms with Gasteiger partial charge in [-0.3, -0.25) is 4.98 Å². The molecule has 0 aliphatic carbocycles. The summed E-state index contributed by atoms with van der Waals surface area (Å²) >= 11 is 0. The van der Waals surface area contributed by atoms with Crippen LogP contribution >= 0.6 is 0 Å². The molecule has 2 rings (SSSR count). The van der Waals surface area contributed by atoms with E-state index >= 15 is 0 Å². The second-order valence-electron chi connectivity index (χ2n) is 4.71. The molecule has 2 N–H and O–H groups in total. The van der Waals surface area contributed by atoms with Crippen molar-refractivity contribution in [2.45, 2.75) is 20.4 Å². The van der Waals surface area contributed by atoms with E-state index in [-0.39, 0.29) is 0 Å². The van der Waals surface area contributed by atoms with E-state index in [9.17, 15) is 0 Å². The molecule has 0 bridgehead atoms. The van der Waals surface area contributed by atoms with Gasteiger partial charge >= 0.3 is 0 Å². The van der Waals surface area contributed by atoms with Crippen molar-refractivity contribution in [3.8, 4) is 0 Å². The van der Waals surface area contributed by atoms with Gasteiger partial charge in [-0.25, -0.2) is 0 Å². The van der Waals surface area contributed by atoms with E-state index in [0.29, 0.717) is 0 Å². The summed E-state index contributed by atoms with van der Waals surface area (Å²) in [5.74, 6) is 0. The number of hydrogen-bond acceptors (Lipinski definition) is 3. The molecule has 94 valence electrons. The third-order valence-corrected chi connectivity index (χ3v) is 3.22. The van der Waals surface area contributed by atoms with E-state index in [1.807, 2.05) is 30.6 Å². The second kappa shape index (κ2) is 5.08. The first-order chi connectivity index (χ1) is 8.58. The number of hydrogen-bond donors (Lipinski definition) is 1. The molecule has 0 amide bonds. The van der Waals surface area contributed by atoms with Crippen LogP contribution in [0.3, 0.4) is 0 Å². The first-order valence-corrected chi connectivity index (χ1v) is 6.04. The van der Waals surface area contributed by atoms with Crippen molar-refractivity contribution in [3.05, 3.63) is 53.3 Å². The Kier molecular flexibility index (Phi) is 3.51. The number of nitrogens with two attached hydrogens (primary N) is 1. The van der Waals surface area contributed by atoms with E-state index in [4.69, 9.17) is 5.73 Å². The Morgan fingerprint density at radius 2 is 1.72 bits per heavy atom. The first kappa shape index (κ1) is 12.4. The van der Waals surface area contributed by atoms with E-state index in [1.54, 1.807) is 0 Å². The maximum atomic E-state index is 6.09. The second-order valence-corrected chi connectivity index (χ2v) is 4.71. The number of rotatable bonds is 3. The predicted molar refractivity (Wildman–Crippen MR) is 76.7 cm³/mol. The molecule has 0 atom stereocenters. The molecule has 1 aromatic heterocycles. The number of nitrogens with zero attached hydrogens (tertiary/aromatic N) is 2. The molecule has 1 heterocycles. The number of nitrogen functional groups attached to an aromatic ring is 1. The van der Waals surface area contributed by atoms with E-state index < -0.39 is 0 Å². The average molecular weight is 241 g/mol. The van der Waals surface area contributed by atoms with E-state index in [0.717, 1.165) is 17.9 Å². The molecule has 1 aromatic carbocycles. The maximum absolute atomic E-state index is 6.09. The summed E-state index contributed by atoms with van der Waals surface area (Å²) in [6, 6.07) is 8.22. The van der Waals surface area contributed by atoms with Crippen LogP contribution in [0.25, 0.3) is 0 Å². The Morgan fingerprint density at radius 3 is 2.39 bits per heavy atom. The fraction of sp³-hybridized carbons (Fsp3) is 0.267. The number of anilines is 2. The van der Waals surface area contributed by atoms with Gasteiger partial charge in [0.15, 0.2) is 0 Å². The van der Waals surface area contributed by atoms with Crippen molar-refractivity contribution in [1.29, 1.82) is 0 Å². The molecule has 18 heavy (non-hydrogen) atoms. The number of aromatic nitrogens is 1. The van der Waals surface area contributed by atoms with Crippen LogP contribution in [0.2, 0.25) is 0 Å². The zero-order chi connectivity index (χ0) is 13.1. The zero-order valence-electron chi connectivity index (χ0n) is 11.1. The molecular weight excluding hydrogens is 222 g/mol. The van der Waals surface area contributed by atoms with Crippen LogP contribution in [0.1, 0.15) is 16.7 Å². The lowest BCUT2D eigenvalue weighted by Crippen LogP contribution is -2.18. The van der Waals surface area contributed by atoms with E-state index in [2.05, 4.69) is 36.8 Å². The van der Waals surface area contributed by atoms with Gasteiger partial charge in [0, 0.05) is 26.0 Å². The fourth-order valence-electron chi connectivity index (χ4n) is 2.00. The van der Waals surface area contributed by atoms with Gasteiger partial charge in [-0.1, -0.05) is 0 Å². The van der Waals surface area contributed by atoms with Gasteiger partial charge in [-0.05, 0) is 54.8 Å². The standard InChI is InChI=1S/C15H19N3/c1-11-8-14(16)15(9-12(11)2)18(3)10-13-4-6-17-7-5-13/h4-9H,10,16H2,1-3H3. The van der Waals surface area contributed by atoms with E-state index in [1.165, 1.54) is 16.7 Å². The summed E-state index contributed by atoms with van der Waals surface area (Å²) < 4.78 is 0. The van der Waals surface area contributed by atoms with Gasteiger partial charge < -0.3 is 10.6 Å². The lowest BCUT2D eigenvalue weighted by Gasteiger charge is -2.22. The Labute approximate surface area is 108 Å². The lowest BCUT2D eigenvalue weighted by molar-refractivity contribution is 0.919. The summed E-state index contributed by atoms with van der Waals surface area (Å²) in [5.41, 5.74) is 11.7. The van der Waals surface area contributed by atoms with Crippen LogP contribution < -0.4 is 10.6 Å². The van der Waals surface area contributed by atoms with Gasteiger partial charge in [0.05, 0.1) is 11.4 Å². The van der Waals surface area contributed by atoms with Gasteiger partial charge in [-0.2, -0.15) is 0 Å². The number of aryl methyl sites for hydroxylation is 2. The highest BCUT2D eigenvalue weighted by Crippen LogP contribution is 2.27. The van der Waals surface area contributed by atoms with Crippen LogP contribution in [0, 0.1) is 13.8 Å². The Balaban J connectivity index is 2.24. The van der Waals surface area contributed by atoms with Gasteiger partial charge in [0.25, 0.3) is 0 Å². The van der Waals surface area contributed by atoms with Crippen molar-refractivity contribution >= 4 is 11.4 Å². The van der Waals surface area contributed by atoms with Crippen molar-refractivity contribution in [2.24, 2.45) is 0 Å². The molecule has 0 unspecified atom stereocenters. The molecule has 0 spiro atoms. The van der Waals surface area contributed by atoms with Gasteiger partial charge in [0.1, 0.15) is 0 Å².